The predicted octanol–water partition coefficient (Wildman–Crippen LogP) is 2.45. The molecule has 6 nitrogen and oxygen atoms in total. The van der Waals surface area contributed by atoms with Crippen molar-refractivity contribution in [3.8, 4) is 0 Å². The highest BCUT2D eigenvalue weighted by atomic mass is 16.1. The van der Waals surface area contributed by atoms with Gasteiger partial charge in [0.2, 0.25) is 0 Å². The Kier molecular flexibility index (Phi) is 6.66. The van der Waals surface area contributed by atoms with E-state index in [-0.39, 0.29) is 5.91 Å². The first kappa shape index (κ1) is 18.5. The summed E-state index contributed by atoms with van der Waals surface area (Å²) in [6.07, 6.45) is 5.09. The van der Waals surface area contributed by atoms with Crippen LogP contribution >= 0.6 is 0 Å². The van der Waals surface area contributed by atoms with Crippen LogP contribution in [0.5, 0.6) is 0 Å². The highest BCUT2D eigenvalue weighted by molar-refractivity contribution is 5.92. The van der Waals surface area contributed by atoms with Crippen LogP contribution in [-0.2, 0) is 0 Å². The van der Waals surface area contributed by atoms with Gasteiger partial charge in [-0.2, -0.15) is 5.10 Å². The van der Waals surface area contributed by atoms with Crippen LogP contribution in [-0.4, -0.2) is 48.4 Å². The number of para-hydroxylation sites is 1. The average molecular weight is 355 g/mol. The van der Waals surface area contributed by atoms with Crippen LogP contribution in [0, 0.1) is 0 Å². The van der Waals surface area contributed by atoms with Crippen LogP contribution in [0.25, 0.3) is 0 Å². The molecular weight excluding hydrogens is 326 g/mol. The summed E-state index contributed by atoms with van der Waals surface area (Å²) in [5, 5.41) is 10.8. The van der Waals surface area contributed by atoms with E-state index in [1.165, 1.54) is 5.69 Å². The fraction of sp³-hybridized carbons (Fsp3) is 0.500. The molecule has 1 amide bonds. The third-order valence-corrected chi connectivity index (χ3v) is 4.88. The van der Waals surface area contributed by atoms with E-state index in [1.807, 2.05) is 23.0 Å². The highest BCUT2D eigenvalue weighted by Gasteiger charge is 2.17. The van der Waals surface area contributed by atoms with E-state index in [1.54, 1.807) is 0 Å². The molecule has 2 aromatic rings. The molecule has 1 aliphatic heterocycles. The Morgan fingerprint density at radius 1 is 1.35 bits per heavy atom. The number of amides is 1. The first-order chi connectivity index (χ1) is 12.8. The van der Waals surface area contributed by atoms with Gasteiger partial charge in [-0.1, -0.05) is 18.2 Å². The monoisotopic (exact) mass is 355 g/mol. The number of benzene rings is 1. The summed E-state index contributed by atoms with van der Waals surface area (Å²) in [6.45, 7) is 6.68. The number of rotatable bonds is 8. The molecule has 3 rings (SSSR count). The SMILES string of the molecule is CCN(CCCNC(=O)c1ccn(C2CCCNC2)n1)c1ccccc1. The molecule has 0 saturated carbocycles. The number of nitrogens with one attached hydrogen (secondary N) is 2. The molecule has 2 heterocycles. The van der Waals surface area contributed by atoms with E-state index < -0.39 is 0 Å². The number of carbonyl (C=O) groups is 1. The normalized spacial score (nSPS) is 17.0. The molecule has 1 atom stereocenters. The minimum absolute atomic E-state index is 0.0877. The summed E-state index contributed by atoms with van der Waals surface area (Å²) in [5.74, 6) is -0.0877. The second-order valence-electron chi connectivity index (χ2n) is 6.71. The predicted molar refractivity (Wildman–Crippen MR) is 105 cm³/mol. The minimum Gasteiger partial charge on any atom is -0.372 e. The molecule has 0 aliphatic carbocycles. The number of hydrogen-bond donors (Lipinski definition) is 2. The fourth-order valence-electron chi connectivity index (χ4n) is 3.39. The zero-order valence-electron chi connectivity index (χ0n) is 15.5. The summed E-state index contributed by atoms with van der Waals surface area (Å²) in [4.78, 5) is 14.6. The Labute approximate surface area is 155 Å². The van der Waals surface area contributed by atoms with Gasteiger partial charge in [-0.3, -0.25) is 9.48 Å². The van der Waals surface area contributed by atoms with Gasteiger partial charge in [-0.05, 0) is 50.9 Å². The van der Waals surface area contributed by atoms with Gasteiger partial charge in [0.25, 0.3) is 5.91 Å². The third kappa shape index (κ3) is 4.85. The van der Waals surface area contributed by atoms with Crippen LogP contribution < -0.4 is 15.5 Å². The van der Waals surface area contributed by atoms with Gasteiger partial charge in [0.05, 0.1) is 6.04 Å². The van der Waals surface area contributed by atoms with E-state index in [0.717, 1.165) is 45.4 Å². The van der Waals surface area contributed by atoms with E-state index in [4.69, 9.17) is 0 Å². The van der Waals surface area contributed by atoms with Gasteiger partial charge in [-0.25, -0.2) is 0 Å². The van der Waals surface area contributed by atoms with E-state index in [2.05, 4.69) is 51.8 Å². The smallest absolute Gasteiger partial charge is 0.271 e. The van der Waals surface area contributed by atoms with E-state index in [0.29, 0.717) is 18.3 Å². The average Bonchev–Trinajstić information content (AvgIpc) is 3.20. The molecule has 1 fully saturated rings. The third-order valence-electron chi connectivity index (χ3n) is 4.88. The summed E-state index contributed by atoms with van der Waals surface area (Å²) >= 11 is 0. The Hall–Kier alpha value is -2.34. The lowest BCUT2D eigenvalue weighted by Gasteiger charge is -2.23. The molecule has 1 unspecified atom stereocenters. The molecule has 0 bridgehead atoms. The number of hydrogen-bond acceptors (Lipinski definition) is 4. The van der Waals surface area contributed by atoms with Gasteiger partial charge >= 0.3 is 0 Å². The van der Waals surface area contributed by atoms with Gasteiger partial charge in [0.15, 0.2) is 0 Å². The molecule has 1 aromatic carbocycles. The van der Waals surface area contributed by atoms with Crippen molar-refractivity contribution < 1.29 is 4.79 Å². The van der Waals surface area contributed by atoms with Crippen LogP contribution in [0.4, 0.5) is 5.69 Å². The first-order valence-corrected chi connectivity index (χ1v) is 9.62. The quantitative estimate of drug-likeness (QED) is 0.714. The first-order valence-electron chi connectivity index (χ1n) is 9.62. The zero-order chi connectivity index (χ0) is 18.2. The van der Waals surface area contributed by atoms with Crippen molar-refractivity contribution in [1.29, 1.82) is 0 Å². The minimum atomic E-state index is -0.0877. The summed E-state index contributed by atoms with van der Waals surface area (Å²) in [5.41, 5.74) is 1.73. The molecule has 1 saturated heterocycles. The Morgan fingerprint density at radius 3 is 2.92 bits per heavy atom. The molecular formula is C20H29N5O. The summed E-state index contributed by atoms with van der Waals surface area (Å²) < 4.78 is 1.93. The number of aromatic nitrogens is 2. The molecule has 6 heteroatoms. The fourth-order valence-corrected chi connectivity index (χ4v) is 3.39. The lowest BCUT2D eigenvalue weighted by Crippen LogP contribution is -2.32. The number of piperidine rings is 1. The zero-order valence-corrected chi connectivity index (χ0v) is 15.5. The lowest BCUT2D eigenvalue weighted by molar-refractivity contribution is 0.0947. The maximum atomic E-state index is 12.3. The molecule has 140 valence electrons. The van der Waals surface area contributed by atoms with Crippen molar-refractivity contribution in [3.05, 3.63) is 48.3 Å². The Bertz CT molecular complexity index is 679. The molecule has 2 N–H and O–H groups in total. The van der Waals surface area contributed by atoms with Crippen molar-refractivity contribution in [2.24, 2.45) is 0 Å². The van der Waals surface area contributed by atoms with Crippen LogP contribution in [0.1, 0.15) is 42.7 Å². The van der Waals surface area contributed by atoms with Gasteiger partial charge in [0, 0.05) is 38.1 Å². The standard InChI is InChI=1S/C20H29N5O/c1-2-24(17-8-4-3-5-9-17)14-7-13-22-20(26)19-11-15-25(23-19)18-10-6-12-21-16-18/h3-5,8-9,11,15,18,21H,2,6-7,10,12-14,16H2,1H3,(H,22,26). The van der Waals surface area contributed by atoms with Crippen molar-refractivity contribution in [3.63, 3.8) is 0 Å². The molecule has 1 aliphatic rings. The highest BCUT2D eigenvalue weighted by Crippen LogP contribution is 2.16. The van der Waals surface area contributed by atoms with Crippen LogP contribution in [0.3, 0.4) is 0 Å². The number of nitrogens with zero attached hydrogens (tertiary/aromatic N) is 3. The van der Waals surface area contributed by atoms with E-state index >= 15 is 0 Å². The molecule has 0 spiro atoms. The Balaban J connectivity index is 1.43. The number of anilines is 1. The Morgan fingerprint density at radius 2 is 2.19 bits per heavy atom. The van der Waals surface area contributed by atoms with Crippen LogP contribution in [0.15, 0.2) is 42.6 Å². The van der Waals surface area contributed by atoms with E-state index in [9.17, 15) is 4.79 Å². The maximum absolute atomic E-state index is 12.3. The van der Waals surface area contributed by atoms with Crippen molar-refractivity contribution in [2.45, 2.75) is 32.2 Å². The van der Waals surface area contributed by atoms with Gasteiger partial charge in [-0.15, -0.1) is 0 Å². The number of carbonyl (C=O) groups excluding carboxylic acids is 1. The van der Waals surface area contributed by atoms with Crippen molar-refractivity contribution in [1.82, 2.24) is 20.4 Å². The van der Waals surface area contributed by atoms with Gasteiger partial charge in [0.1, 0.15) is 5.69 Å². The summed E-state index contributed by atoms with van der Waals surface area (Å²) in [6, 6.07) is 12.5. The van der Waals surface area contributed by atoms with Crippen molar-refractivity contribution >= 4 is 11.6 Å². The second-order valence-corrected chi connectivity index (χ2v) is 6.71. The van der Waals surface area contributed by atoms with Gasteiger partial charge < -0.3 is 15.5 Å². The molecule has 0 radical (unpaired) electrons. The molecule has 1 aromatic heterocycles. The topological polar surface area (TPSA) is 62.2 Å². The maximum Gasteiger partial charge on any atom is 0.271 e. The summed E-state index contributed by atoms with van der Waals surface area (Å²) in [7, 11) is 0. The van der Waals surface area contributed by atoms with Crippen LogP contribution in [0.2, 0.25) is 0 Å². The molecule has 26 heavy (non-hydrogen) atoms. The van der Waals surface area contributed by atoms with Crippen molar-refractivity contribution in [2.75, 3.05) is 37.6 Å². The largest absolute Gasteiger partial charge is 0.372 e. The lowest BCUT2D eigenvalue weighted by atomic mass is 10.1. The second kappa shape index (κ2) is 9.38.